The summed E-state index contributed by atoms with van der Waals surface area (Å²) in [5.41, 5.74) is 4.47. The van der Waals surface area contributed by atoms with Crippen molar-refractivity contribution in [3.05, 3.63) is 57.6 Å². The zero-order valence-corrected chi connectivity index (χ0v) is 13.2. The molecule has 1 unspecified atom stereocenters. The number of nitrogens with two attached hydrogens (primary N) is 1. The molecule has 0 saturated heterocycles. The van der Waals surface area contributed by atoms with Crippen molar-refractivity contribution < 1.29 is 9.47 Å². The average molecular weight is 327 g/mol. The number of hydrazine groups is 1. The van der Waals surface area contributed by atoms with Crippen LogP contribution in [0.3, 0.4) is 0 Å². The summed E-state index contributed by atoms with van der Waals surface area (Å²) >= 11 is 12.1. The number of benzene rings is 2. The standard InChI is InChI=1S/C15H16Cl2N2O2/c1-20-12-3-4-13(14(8-12)21-2)15(19-18)9-5-10(16)7-11(17)6-9/h3-8,15,19H,18H2,1-2H3. The molecule has 0 aromatic heterocycles. The second-order valence-corrected chi connectivity index (χ2v) is 5.28. The van der Waals surface area contributed by atoms with Crippen LogP contribution >= 0.6 is 23.2 Å². The molecule has 0 bridgehead atoms. The summed E-state index contributed by atoms with van der Waals surface area (Å²) in [5, 5.41) is 1.09. The molecule has 0 aliphatic heterocycles. The second-order valence-electron chi connectivity index (χ2n) is 4.41. The number of hydrogen-bond acceptors (Lipinski definition) is 4. The molecule has 6 heteroatoms. The van der Waals surface area contributed by atoms with E-state index >= 15 is 0 Å². The predicted octanol–water partition coefficient (Wildman–Crippen LogP) is 3.56. The molecule has 0 aliphatic carbocycles. The van der Waals surface area contributed by atoms with Crippen molar-refractivity contribution in [2.24, 2.45) is 5.84 Å². The Bertz CT molecular complexity index is 615. The van der Waals surface area contributed by atoms with Crippen LogP contribution in [-0.2, 0) is 0 Å². The SMILES string of the molecule is COc1ccc(C(NN)c2cc(Cl)cc(Cl)c2)c(OC)c1. The van der Waals surface area contributed by atoms with Crippen LogP contribution in [0.5, 0.6) is 11.5 Å². The van der Waals surface area contributed by atoms with E-state index in [1.54, 1.807) is 26.4 Å². The molecule has 1 atom stereocenters. The lowest BCUT2D eigenvalue weighted by Gasteiger charge is -2.20. The highest BCUT2D eigenvalue weighted by atomic mass is 35.5. The third-order valence-electron chi connectivity index (χ3n) is 3.14. The molecule has 3 N–H and O–H groups in total. The van der Waals surface area contributed by atoms with Crippen molar-refractivity contribution in [2.75, 3.05) is 14.2 Å². The van der Waals surface area contributed by atoms with E-state index in [-0.39, 0.29) is 6.04 Å². The van der Waals surface area contributed by atoms with Gasteiger partial charge < -0.3 is 9.47 Å². The Kier molecular flexibility index (Phi) is 5.31. The van der Waals surface area contributed by atoms with E-state index in [9.17, 15) is 0 Å². The van der Waals surface area contributed by atoms with Gasteiger partial charge in [0.05, 0.1) is 20.3 Å². The molecule has 0 aliphatic rings. The molecule has 0 radical (unpaired) electrons. The zero-order valence-electron chi connectivity index (χ0n) is 11.7. The van der Waals surface area contributed by atoms with Crippen molar-refractivity contribution in [1.29, 1.82) is 0 Å². The summed E-state index contributed by atoms with van der Waals surface area (Å²) in [6.45, 7) is 0. The Balaban J connectivity index is 2.50. The highest BCUT2D eigenvalue weighted by Gasteiger charge is 2.18. The van der Waals surface area contributed by atoms with Crippen molar-refractivity contribution in [1.82, 2.24) is 5.43 Å². The molecule has 2 aromatic carbocycles. The number of halogens is 2. The molecule has 0 fully saturated rings. The van der Waals surface area contributed by atoms with Gasteiger partial charge in [-0.15, -0.1) is 0 Å². The molecule has 0 heterocycles. The normalized spacial score (nSPS) is 12.0. The maximum atomic E-state index is 6.06. The van der Waals surface area contributed by atoms with Crippen LogP contribution in [0, 0.1) is 0 Å². The van der Waals surface area contributed by atoms with Gasteiger partial charge in [-0.2, -0.15) is 0 Å². The minimum absolute atomic E-state index is 0.304. The van der Waals surface area contributed by atoms with Crippen LogP contribution in [0.1, 0.15) is 17.2 Å². The van der Waals surface area contributed by atoms with Crippen molar-refractivity contribution >= 4 is 23.2 Å². The third kappa shape index (κ3) is 3.60. The summed E-state index contributed by atoms with van der Waals surface area (Å²) in [4.78, 5) is 0. The Labute approximate surface area is 133 Å². The number of rotatable bonds is 5. The van der Waals surface area contributed by atoms with Crippen LogP contribution in [-0.4, -0.2) is 14.2 Å². The van der Waals surface area contributed by atoms with Crippen molar-refractivity contribution in [3.63, 3.8) is 0 Å². The summed E-state index contributed by atoms with van der Waals surface area (Å²) in [5.74, 6) is 7.07. The quantitative estimate of drug-likeness (QED) is 0.651. The van der Waals surface area contributed by atoms with Gasteiger partial charge in [-0.3, -0.25) is 5.84 Å². The lowest BCUT2D eigenvalue weighted by Crippen LogP contribution is -2.29. The first-order chi connectivity index (χ1) is 10.1. The van der Waals surface area contributed by atoms with Gasteiger partial charge in [-0.1, -0.05) is 23.2 Å². The molecule has 2 rings (SSSR count). The number of hydrogen-bond donors (Lipinski definition) is 2. The Morgan fingerprint density at radius 3 is 2.19 bits per heavy atom. The van der Waals surface area contributed by atoms with E-state index in [1.807, 2.05) is 24.3 Å². The van der Waals surface area contributed by atoms with Gasteiger partial charge in [0.2, 0.25) is 0 Å². The minimum atomic E-state index is -0.304. The average Bonchev–Trinajstić information content (AvgIpc) is 2.47. The Hall–Kier alpha value is -1.46. The molecule has 2 aromatic rings. The fourth-order valence-electron chi connectivity index (χ4n) is 2.16. The maximum absolute atomic E-state index is 6.06. The number of ether oxygens (including phenoxy) is 2. The smallest absolute Gasteiger partial charge is 0.127 e. The minimum Gasteiger partial charge on any atom is -0.497 e. The fraction of sp³-hybridized carbons (Fsp3) is 0.200. The Morgan fingerprint density at radius 1 is 1.00 bits per heavy atom. The maximum Gasteiger partial charge on any atom is 0.127 e. The lowest BCUT2D eigenvalue weighted by molar-refractivity contribution is 0.387. The predicted molar refractivity (Wildman–Crippen MR) is 85.2 cm³/mol. The summed E-state index contributed by atoms with van der Waals surface area (Å²) < 4.78 is 10.6. The first-order valence-electron chi connectivity index (χ1n) is 6.23. The lowest BCUT2D eigenvalue weighted by atomic mass is 9.98. The molecule has 0 spiro atoms. The fourth-order valence-corrected chi connectivity index (χ4v) is 2.71. The van der Waals surface area contributed by atoms with Crippen LogP contribution in [0.25, 0.3) is 0 Å². The van der Waals surface area contributed by atoms with E-state index in [0.29, 0.717) is 21.5 Å². The van der Waals surface area contributed by atoms with Crippen LogP contribution in [0.2, 0.25) is 10.0 Å². The van der Waals surface area contributed by atoms with Gasteiger partial charge in [-0.05, 0) is 35.9 Å². The summed E-state index contributed by atoms with van der Waals surface area (Å²) in [6, 6.07) is 10.5. The molecular weight excluding hydrogens is 311 g/mol. The Morgan fingerprint density at radius 2 is 1.67 bits per heavy atom. The van der Waals surface area contributed by atoms with Crippen LogP contribution < -0.4 is 20.7 Å². The van der Waals surface area contributed by atoms with E-state index < -0.39 is 0 Å². The van der Waals surface area contributed by atoms with Gasteiger partial charge in [0.25, 0.3) is 0 Å². The molecule has 21 heavy (non-hydrogen) atoms. The number of methoxy groups -OCH3 is 2. The van der Waals surface area contributed by atoms with Crippen LogP contribution in [0.15, 0.2) is 36.4 Å². The molecule has 112 valence electrons. The van der Waals surface area contributed by atoms with Crippen LogP contribution in [0.4, 0.5) is 0 Å². The largest absolute Gasteiger partial charge is 0.497 e. The molecule has 0 amide bonds. The van der Waals surface area contributed by atoms with Gasteiger partial charge in [-0.25, -0.2) is 5.43 Å². The topological polar surface area (TPSA) is 56.5 Å². The van der Waals surface area contributed by atoms with Gasteiger partial charge in [0.1, 0.15) is 11.5 Å². The highest BCUT2D eigenvalue weighted by molar-refractivity contribution is 6.34. The zero-order chi connectivity index (χ0) is 15.4. The molecule has 0 saturated carbocycles. The number of nitrogens with one attached hydrogen (secondary N) is 1. The first-order valence-corrected chi connectivity index (χ1v) is 6.98. The van der Waals surface area contributed by atoms with Crippen molar-refractivity contribution in [3.8, 4) is 11.5 Å². The van der Waals surface area contributed by atoms with Gasteiger partial charge in [0.15, 0.2) is 0 Å². The van der Waals surface area contributed by atoms with E-state index in [1.165, 1.54) is 0 Å². The van der Waals surface area contributed by atoms with Gasteiger partial charge in [0, 0.05) is 21.7 Å². The molecule has 4 nitrogen and oxygen atoms in total. The highest BCUT2D eigenvalue weighted by Crippen LogP contribution is 2.34. The monoisotopic (exact) mass is 326 g/mol. The van der Waals surface area contributed by atoms with E-state index in [2.05, 4.69) is 5.43 Å². The molecular formula is C15H16Cl2N2O2. The third-order valence-corrected chi connectivity index (χ3v) is 3.57. The first kappa shape index (κ1) is 15.9. The summed E-state index contributed by atoms with van der Waals surface area (Å²) in [6.07, 6.45) is 0. The van der Waals surface area contributed by atoms with E-state index in [4.69, 9.17) is 38.5 Å². The second kappa shape index (κ2) is 7.00. The van der Waals surface area contributed by atoms with Crippen molar-refractivity contribution in [2.45, 2.75) is 6.04 Å². The van der Waals surface area contributed by atoms with Gasteiger partial charge >= 0.3 is 0 Å². The summed E-state index contributed by atoms with van der Waals surface area (Å²) in [7, 11) is 3.20. The van der Waals surface area contributed by atoms with E-state index in [0.717, 1.165) is 11.1 Å².